The van der Waals surface area contributed by atoms with Crippen molar-refractivity contribution in [3.63, 3.8) is 0 Å². The summed E-state index contributed by atoms with van der Waals surface area (Å²) in [5, 5.41) is 10.2. The average Bonchev–Trinajstić information content (AvgIpc) is 3.31. The molecular formula is C25H23FN4OS. The minimum atomic E-state index is -0.371. The quantitative estimate of drug-likeness (QED) is 0.353. The van der Waals surface area contributed by atoms with Gasteiger partial charge in [0.25, 0.3) is 0 Å². The molecule has 7 heteroatoms. The normalized spacial score (nSPS) is 10.9. The third-order valence-electron chi connectivity index (χ3n) is 5.09. The SMILES string of the molecule is O=C(CSc1n[nH]c(-c2ccccc2F)n1)NCCC(c1ccccc1)c1ccccc1. The first-order chi connectivity index (χ1) is 15.7. The van der Waals surface area contributed by atoms with E-state index in [1.165, 1.54) is 29.0 Å². The summed E-state index contributed by atoms with van der Waals surface area (Å²) in [4.78, 5) is 16.6. The zero-order valence-electron chi connectivity index (χ0n) is 17.4. The molecule has 5 nitrogen and oxygen atoms in total. The molecule has 0 saturated carbocycles. The second kappa shape index (κ2) is 10.7. The fourth-order valence-corrected chi connectivity index (χ4v) is 4.15. The van der Waals surface area contributed by atoms with Gasteiger partial charge in [0, 0.05) is 12.5 Å². The lowest BCUT2D eigenvalue weighted by molar-refractivity contribution is -0.118. The Hall–Kier alpha value is -3.45. The molecule has 0 unspecified atom stereocenters. The van der Waals surface area contributed by atoms with E-state index in [1.807, 2.05) is 36.4 Å². The zero-order chi connectivity index (χ0) is 22.2. The molecule has 0 spiro atoms. The summed E-state index contributed by atoms with van der Waals surface area (Å²) in [6.45, 7) is 0.558. The first-order valence-corrected chi connectivity index (χ1v) is 11.4. The van der Waals surface area contributed by atoms with Gasteiger partial charge in [-0.25, -0.2) is 9.37 Å². The highest BCUT2D eigenvalue weighted by atomic mass is 32.2. The number of nitrogens with one attached hydrogen (secondary N) is 2. The predicted molar refractivity (Wildman–Crippen MR) is 125 cm³/mol. The Morgan fingerprint density at radius 3 is 2.22 bits per heavy atom. The molecule has 4 aromatic rings. The molecule has 0 aliphatic heterocycles. The van der Waals surface area contributed by atoms with Crippen molar-refractivity contribution < 1.29 is 9.18 Å². The number of thioether (sulfide) groups is 1. The first kappa shape index (κ1) is 21.8. The first-order valence-electron chi connectivity index (χ1n) is 10.4. The van der Waals surface area contributed by atoms with Gasteiger partial charge < -0.3 is 5.32 Å². The highest BCUT2D eigenvalue weighted by Gasteiger charge is 2.15. The van der Waals surface area contributed by atoms with E-state index in [2.05, 4.69) is 44.8 Å². The van der Waals surface area contributed by atoms with Crippen molar-refractivity contribution in [1.82, 2.24) is 20.5 Å². The van der Waals surface area contributed by atoms with Gasteiger partial charge in [-0.2, -0.15) is 0 Å². The van der Waals surface area contributed by atoms with Crippen LogP contribution in [0.3, 0.4) is 0 Å². The summed E-state index contributed by atoms with van der Waals surface area (Å²) < 4.78 is 13.9. The van der Waals surface area contributed by atoms with Crippen LogP contribution in [-0.4, -0.2) is 33.4 Å². The monoisotopic (exact) mass is 446 g/mol. The number of H-pyrrole nitrogens is 1. The van der Waals surface area contributed by atoms with Crippen LogP contribution >= 0.6 is 11.8 Å². The maximum Gasteiger partial charge on any atom is 0.230 e. The van der Waals surface area contributed by atoms with E-state index in [4.69, 9.17) is 0 Å². The summed E-state index contributed by atoms with van der Waals surface area (Å²) in [7, 11) is 0. The molecule has 0 fully saturated rings. The fourth-order valence-electron chi connectivity index (χ4n) is 3.52. The van der Waals surface area contributed by atoms with Crippen LogP contribution in [0.1, 0.15) is 23.5 Å². The predicted octanol–water partition coefficient (Wildman–Crippen LogP) is 5.04. The van der Waals surface area contributed by atoms with E-state index in [0.717, 1.165) is 6.42 Å². The molecule has 0 aliphatic rings. The Balaban J connectivity index is 1.30. The number of aromatic nitrogens is 3. The maximum absolute atomic E-state index is 13.9. The lowest BCUT2D eigenvalue weighted by Crippen LogP contribution is -2.27. The fraction of sp³-hybridized carbons (Fsp3) is 0.160. The largest absolute Gasteiger partial charge is 0.355 e. The maximum atomic E-state index is 13.9. The van der Waals surface area contributed by atoms with Crippen molar-refractivity contribution in [2.45, 2.75) is 17.5 Å². The third kappa shape index (κ3) is 5.62. The molecule has 0 aliphatic carbocycles. The molecule has 0 atom stereocenters. The molecule has 1 aromatic heterocycles. The zero-order valence-corrected chi connectivity index (χ0v) is 18.2. The number of carbonyl (C=O) groups is 1. The molecule has 32 heavy (non-hydrogen) atoms. The number of hydrogen-bond donors (Lipinski definition) is 2. The number of rotatable bonds is 9. The van der Waals surface area contributed by atoms with Crippen molar-refractivity contribution in [2.75, 3.05) is 12.3 Å². The Morgan fingerprint density at radius 1 is 0.938 bits per heavy atom. The van der Waals surface area contributed by atoms with Crippen LogP contribution in [0, 0.1) is 5.82 Å². The molecule has 162 valence electrons. The Kier molecular flexibility index (Phi) is 7.30. The molecule has 0 saturated heterocycles. The van der Waals surface area contributed by atoms with E-state index >= 15 is 0 Å². The number of carbonyl (C=O) groups excluding carboxylic acids is 1. The van der Waals surface area contributed by atoms with Gasteiger partial charge in [0.15, 0.2) is 5.82 Å². The summed E-state index contributed by atoms with van der Waals surface area (Å²) in [5.74, 6) is 0.285. The van der Waals surface area contributed by atoms with Gasteiger partial charge in [0.2, 0.25) is 11.1 Å². The van der Waals surface area contributed by atoms with Gasteiger partial charge in [-0.05, 0) is 29.7 Å². The molecule has 3 aromatic carbocycles. The molecule has 0 bridgehead atoms. The lowest BCUT2D eigenvalue weighted by atomic mass is 9.88. The smallest absolute Gasteiger partial charge is 0.230 e. The van der Waals surface area contributed by atoms with Crippen molar-refractivity contribution in [2.24, 2.45) is 0 Å². The van der Waals surface area contributed by atoms with Gasteiger partial charge in [-0.15, -0.1) is 5.10 Å². The Labute approximate surface area is 190 Å². The topological polar surface area (TPSA) is 70.7 Å². The minimum absolute atomic E-state index is 0.0906. The van der Waals surface area contributed by atoms with E-state index in [1.54, 1.807) is 18.2 Å². The number of hydrogen-bond acceptors (Lipinski definition) is 4. The molecule has 1 amide bonds. The van der Waals surface area contributed by atoms with E-state index in [9.17, 15) is 9.18 Å². The van der Waals surface area contributed by atoms with Gasteiger partial charge >= 0.3 is 0 Å². The van der Waals surface area contributed by atoms with Gasteiger partial charge in [-0.3, -0.25) is 9.89 Å². The van der Waals surface area contributed by atoms with Crippen molar-refractivity contribution in [3.05, 3.63) is 102 Å². The van der Waals surface area contributed by atoms with E-state index in [0.29, 0.717) is 23.1 Å². The number of halogens is 1. The molecule has 4 rings (SSSR count). The second-order valence-corrected chi connectivity index (χ2v) is 8.19. The van der Waals surface area contributed by atoms with Crippen molar-refractivity contribution >= 4 is 17.7 Å². The van der Waals surface area contributed by atoms with Crippen molar-refractivity contribution in [1.29, 1.82) is 0 Å². The second-order valence-electron chi connectivity index (χ2n) is 7.25. The van der Waals surface area contributed by atoms with Crippen LogP contribution in [0.2, 0.25) is 0 Å². The Bertz CT molecular complexity index is 1110. The Morgan fingerprint density at radius 2 is 1.56 bits per heavy atom. The van der Waals surface area contributed by atoms with Crippen LogP contribution in [0.5, 0.6) is 0 Å². The third-order valence-corrected chi connectivity index (χ3v) is 5.93. The van der Waals surface area contributed by atoms with Gasteiger partial charge in [0.05, 0.1) is 11.3 Å². The standard InChI is InChI=1S/C25H23FN4OS/c26-22-14-8-7-13-21(22)24-28-25(30-29-24)32-17-23(31)27-16-15-20(18-9-3-1-4-10-18)19-11-5-2-6-12-19/h1-14,20H,15-17H2,(H,27,31)(H,28,29,30). The van der Waals surface area contributed by atoms with E-state index < -0.39 is 0 Å². The van der Waals surface area contributed by atoms with Crippen LogP contribution in [-0.2, 0) is 4.79 Å². The summed E-state index contributed by atoms with van der Waals surface area (Å²) in [6, 6.07) is 27.0. The number of benzene rings is 3. The van der Waals surface area contributed by atoms with Crippen LogP contribution in [0.4, 0.5) is 4.39 Å². The lowest BCUT2D eigenvalue weighted by Gasteiger charge is -2.18. The number of nitrogens with zero attached hydrogens (tertiary/aromatic N) is 2. The molecular weight excluding hydrogens is 423 g/mol. The summed E-state index contributed by atoms with van der Waals surface area (Å²) in [5.41, 5.74) is 2.80. The highest BCUT2D eigenvalue weighted by molar-refractivity contribution is 7.99. The number of aromatic amines is 1. The average molecular weight is 447 g/mol. The molecule has 1 heterocycles. The van der Waals surface area contributed by atoms with Crippen LogP contribution in [0.25, 0.3) is 11.4 Å². The van der Waals surface area contributed by atoms with Crippen LogP contribution < -0.4 is 5.32 Å². The molecule has 2 N–H and O–H groups in total. The van der Waals surface area contributed by atoms with Gasteiger partial charge in [-0.1, -0.05) is 84.6 Å². The van der Waals surface area contributed by atoms with Crippen molar-refractivity contribution in [3.8, 4) is 11.4 Å². The van der Waals surface area contributed by atoms with Gasteiger partial charge in [0.1, 0.15) is 5.82 Å². The minimum Gasteiger partial charge on any atom is -0.355 e. The van der Waals surface area contributed by atoms with E-state index in [-0.39, 0.29) is 23.4 Å². The summed E-state index contributed by atoms with van der Waals surface area (Å²) in [6.07, 6.45) is 0.794. The molecule has 0 radical (unpaired) electrons. The van der Waals surface area contributed by atoms with Crippen LogP contribution in [0.15, 0.2) is 90.1 Å². The number of amides is 1. The highest BCUT2D eigenvalue weighted by Crippen LogP contribution is 2.27. The summed E-state index contributed by atoms with van der Waals surface area (Å²) >= 11 is 1.21.